The molecule has 6 nitrogen and oxygen atoms in total. The Morgan fingerprint density at radius 2 is 1.77 bits per heavy atom. The smallest absolute Gasteiger partial charge is 0.494 e. The predicted molar refractivity (Wildman–Crippen MR) is 98.4 cm³/mol. The Labute approximate surface area is 152 Å². The van der Waals surface area contributed by atoms with E-state index in [4.69, 9.17) is 13.9 Å². The topological polar surface area (TPSA) is 85.0 Å². The van der Waals surface area contributed by atoms with Crippen LogP contribution in [0.5, 0.6) is 11.5 Å². The molecule has 0 bridgehead atoms. The van der Waals surface area contributed by atoms with Gasteiger partial charge in [-0.2, -0.15) is 0 Å². The van der Waals surface area contributed by atoms with Gasteiger partial charge < -0.3 is 23.9 Å². The molecule has 0 fully saturated rings. The van der Waals surface area contributed by atoms with E-state index in [2.05, 4.69) is 4.98 Å². The molecule has 0 spiro atoms. The Hall–Kier alpha value is -2.77. The third-order valence-corrected chi connectivity index (χ3v) is 3.77. The lowest BCUT2D eigenvalue weighted by atomic mass is 9.78. The van der Waals surface area contributed by atoms with Crippen molar-refractivity contribution < 1.29 is 23.9 Å². The monoisotopic (exact) mass is 353 g/mol. The zero-order valence-electron chi connectivity index (χ0n) is 14.7. The Bertz CT molecular complexity index is 864. The van der Waals surface area contributed by atoms with Crippen LogP contribution in [-0.4, -0.2) is 28.8 Å². The van der Waals surface area contributed by atoms with E-state index < -0.39 is 7.12 Å². The summed E-state index contributed by atoms with van der Waals surface area (Å²) in [6, 6.07) is 12.9. The summed E-state index contributed by atoms with van der Waals surface area (Å²) in [5.41, 5.74) is 1.77. The Kier molecular flexibility index (Phi) is 5.60. The number of nitrogens with zero attached hydrogens (tertiary/aromatic N) is 1. The second-order valence-corrected chi connectivity index (χ2v) is 5.74. The van der Waals surface area contributed by atoms with Crippen molar-refractivity contribution in [2.45, 2.75) is 20.5 Å². The maximum Gasteiger partial charge on any atom is 0.496 e. The molecule has 1 aromatic heterocycles. The summed E-state index contributed by atoms with van der Waals surface area (Å²) >= 11 is 0. The lowest BCUT2D eigenvalue weighted by Crippen LogP contribution is -2.33. The van der Waals surface area contributed by atoms with Crippen molar-refractivity contribution in [1.29, 1.82) is 0 Å². The fraction of sp³-hybridized carbons (Fsp3) is 0.211. The third kappa shape index (κ3) is 4.07. The van der Waals surface area contributed by atoms with Crippen LogP contribution < -0.4 is 14.9 Å². The first-order valence-corrected chi connectivity index (χ1v) is 8.35. The van der Waals surface area contributed by atoms with E-state index in [0.717, 1.165) is 5.56 Å². The molecule has 2 N–H and O–H groups in total. The molecular formula is C19H20BNO5. The molecule has 26 heavy (non-hydrogen) atoms. The summed E-state index contributed by atoms with van der Waals surface area (Å²) in [7, 11) is -1.73. The molecule has 0 aliphatic carbocycles. The van der Waals surface area contributed by atoms with E-state index in [1.54, 1.807) is 25.3 Å². The largest absolute Gasteiger partial charge is 0.496 e. The van der Waals surface area contributed by atoms with Crippen LogP contribution in [0.15, 0.2) is 53.1 Å². The second-order valence-electron chi connectivity index (χ2n) is 5.74. The van der Waals surface area contributed by atoms with E-state index in [1.807, 2.05) is 37.3 Å². The van der Waals surface area contributed by atoms with Crippen LogP contribution in [0.1, 0.15) is 18.2 Å². The predicted octanol–water partition coefficient (Wildman–Crippen LogP) is 2.31. The molecule has 134 valence electrons. The molecular weight excluding hydrogens is 333 g/mol. The molecule has 0 atom stereocenters. The number of oxazole rings is 1. The highest BCUT2D eigenvalue weighted by Gasteiger charge is 2.25. The molecule has 0 aliphatic rings. The fourth-order valence-electron chi connectivity index (χ4n) is 2.60. The Balaban J connectivity index is 2.01. The van der Waals surface area contributed by atoms with Crippen LogP contribution in [0.3, 0.4) is 0 Å². The molecule has 0 unspecified atom stereocenters. The number of rotatable bonds is 7. The van der Waals surface area contributed by atoms with Crippen LogP contribution in [-0.2, 0) is 6.61 Å². The quantitative estimate of drug-likeness (QED) is 0.634. The summed E-state index contributed by atoms with van der Waals surface area (Å²) in [6.07, 6.45) is 1.62. The van der Waals surface area contributed by atoms with Crippen molar-refractivity contribution in [3.8, 4) is 23.0 Å². The van der Waals surface area contributed by atoms with Gasteiger partial charge in [-0.3, -0.25) is 0 Å². The van der Waals surface area contributed by atoms with E-state index in [0.29, 0.717) is 35.3 Å². The molecule has 2 aromatic carbocycles. The Morgan fingerprint density at radius 1 is 1.08 bits per heavy atom. The zero-order chi connectivity index (χ0) is 18.5. The minimum Gasteiger partial charge on any atom is -0.494 e. The maximum atomic E-state index is 9.83. The molecule has 7 heteroatoms. The van der Waals surface area contributed by atoms with Crippen LogP contribution in [0.4, 0.5) is 0 Å². The van der Waals surface area contributed by atoms with E-state index >= 15 is 0 Å². The van der Waals surface area contributed by atoms with Gasteiger partial charge in [0, 0.05) is 5.56 Å². The summed E-state index contributed by atoms with van der Waals surface area (Å²) in [5.74, 6) is 1.71. The normalized spacial score (nSPS) is 10.6. The molecule has 0 aliphatic heterocycles. The number of aromatic nitrogens is 1. The van der Waals surface area contributed by atoms with Gasteiger partial charge in [-0.1, -0.05) is 30.3 Å². The number of hydrogen-bond donors (Lipinski definition) is 2. The molecule has 0 amide bonds. The number of ether oxygens (including phenoxy) is 2. The summed E-state index contributed by atoms with van der Waals surface area (Å²) < 4.78 is 17.0. The minimum atomic E-state index is -1.73. The lowest BCUT2D eigenvalue weighted by molar-refractivity contribution is 0.300. The molecule has 0 saturated heterocycles. The minimum absolute atomic E-state index is 0.176. The third-order valence-electron chi connectivity index (χ3n) is 3.77. The first kappa shape index (κ1) is 18.0. The van der Waals surface area contributed by atoms with Gasteiger partial charge in [-0.25, -0.2) is 4.98 Å². The first-order valence-electron chi connectivity index (χ1n) is 8.35. The van der Waals surface area contributed by atoms with Crippen molar-refractivity contribution >= 4 is 12.6 Å². The summed E-state index contributed by atoms with van der Waals surface area (Å²) in [5, 5.41) is 19.7. The zero-order valence-corrected chi connectivity index (χ0v) is 14.7. The standard InChI is InChI=1S/C19H20BNO5/c1-3-24-16-9-15(19-21-11-13(2)26-19)10-17(18(16)20(22)23)25-12-14-7-5-4-6-8-14/h4-11,22-23H,3,12H2,1-2H3. The van der Waals surface area contributed by atoms with Gasteiger partial charge in [0.05, 0.1) is 18.3 Å². The van der Waals surface area contributed by atoms with Crippen LogP contribution in [0.2, 0.25) is 0 Å². The van der Waals surface area contributed by atoms with Crippen molar-refractivity contribution in [2.75, 3.05) is 6.61 Å². The summed E-state index contributed by atoms with van der Waals surface area (Å²) in [6.45, 7) is 4.27. The van der Waals surface area contributed by atoms with Crippen LogP contribution >= 0.6 is 0 Å². The van der Waals surface area contributed by atoms with Crippen LogP contribution in [0.25, 0.3) is 11.5 Å². The van der Waals surface area contributed by atoms with Crippen LogP contribution in [0, 0.1) is 6.92 Å². The van der Waals surface area contributed by atoms with Gasteiger partial charge in [0.25, 0.3) is 0 Å². The van der Waals surface area contributed by atoms with Crippen molar-refractivity contribution in [3.63, 3.8) is 0 Å². The molecule has 3 aromatic rings. The highest BCUT2D eigenvalue weighted by molar-refractivity contribution is 6.61. The maximum absolute atomic E-state index is 9.83. The Morgan fingerprint density at radius 3 is 2.35 bits per heavy atom. The van der Waals surface area contributed by atoms with Gasteiger partial charge in [-0.15, -0.1) is 0 Å². The summed E-state index contributed by atoms with van der Waals surface area (Å²) in [4.78, 5) is 4.22. The SMILES string of the molecule is CCOc1cc(-c2ncc(C)o2)cc(OCc2ccccc2)c1B(O)O. The number of hydrogen-bond acceptors (Lipinski definition) is 6. The number of aryl methyl sites for hydroxylation is 1. The van der Waals surface area contributed by atoms with E-state index in [9.17, 15) is 10.0 Å². The fourth-order valence-corrected chi connectivity index (χ4v) is 2.60. The highest BCUT2D eigenvalue weighted by atomic mass is 16.5. The first-order chi connectivity index (χ1) is 12.6. The number of benzene rings is 2. The van der Waals surface area contributed by atoms with Crippen molar-refractivity contribution in [2.24, 2.45) is 0 Å². The van der Waals surface area contributed by atoms with Gasteiger partial charge in [-0.05, 0) is 31.5 Å². The molecule has 3 rings (SSSR count). The van der Waals surface area contributed by atoms with E-state index in [-0.39, 0.29) is 12.1 Å². The van der Waals surface area contributed by atoms with Gasteiger partial charge in [0.1, 0.15) is 23.9 Å². The molecule has 0 radical (unpaired) electrons. The molecule has 1 heterocycles. The lowest BCUT2D eigenvalue weighted by Gasteiger charge is -2.17. The van der Waals surface area contributed by atoms with E-state index in [1.165, 1.54) is 0 Å². The van der Waals surface area contributed by atoms with Gasteiger partial charge in [0.15, 0.2) is 0 Å². The average molecular weight is 353 g/mol. The average Bonchev–Trinajstić information content (AvgIpc) is 3.07. The van der Waals surface area contributed by atoms with Gasteiger partial charge >= 0.3 is 7.12 Å². The van der Waals surface area contributed by atoms with Crippen molar-refractivity contribution in [3.05, 3.63) is 60.0 Å². The van der Waals surface area contributed by atoms with Gasteiger partial charge in [0.2, 0.25) is 5.89 Å². The van der Waals surface area contributed by atoms with Crippen molar-refractivity contribution in [1.82, 2.24) is 4.98 Å². The molecule has 0 saturated carbocycles. The highest BCUT2D eigenvalue weighted by Crippen LogP contribution is 2.29. The second kappa shape index (κ2) is 8.08.